The van der Waals surface area contributed by atoms with Crippen LogP contribution in [0.5, 0.6) is 0 Å². The van der Waals surface area contributed by atoms with Crippen molar-refractivity contribution in [3.8, 4) is 11.3 Å². The predicted molar refractivity (Wildman–Crippen MR) is 118 cm³/mol. The molecule has 2 aromatic heterocycles. The van der Waals surface area contributed by atoms with Gasteiger partial charge in [0.25, 0.3) is 0 Å². The van der Waals surface area contributed by atoms with E-state index in [1.165, 1.54) is 4.90 Å². The number of aryl methyl sites for hydroxylation is 1. The lowest BCUT2D eigenvalue weighted by atomic mass is 9.95. The highest BCUT2D eigenvalue weighted by Crippen LogP contribution is 2.39. The maximum absolute atomic E-state index is 12.7. The number of fused-ring (bicyclic) bond motifs is 1. The van der Waals surface area contributed by atoms with Crippen molar-refractivity contribution in [1.29, 1.82) is 0 Å². The summed E-state index contributed by atoms with van der Waals surface area (Å²) in [6, 6.07) is 13.6. The zero-order chi connectivity index (χ0) is 21.1. The van der Waals surface area contributed by atoms with Crippen molar-refractivity contribution in [3.63, 3.8) is 0 Å². The van der Waals surface area contributed by atoms with E-state index in [2.05, 4.69) is 20.6 Å². The van der Waals surface area contributed by atoms with Gasteiger partial charge in [0.05, 0.1) is 23.5 Å². The second kappa shape index (κ2) is 8.41. The highest BCUT2D eigenvalue weighted by atomic mass is 16.2. The summed E-state index contributed by atoms with van der Waals surface area (Å²) in [5.74, 6) is 0.725. The molecule has 0 spiro atoms. The number of para-hydroxylation sites is 1. The third-order valence-corrected chi connectivity index (χ3v) is 5.20. The van der Waals surface area contributed by atoms with E-state index in [-0.39, 0.29) is 18.2 Å². The number of rotatable bonds is 6. The minimum Gasteiger partial charge on any atom is -0.361 e. The lowest BCUT2D eigenvalue weighted by Gasteiger charge is -2.14. The molecule has 3 aromatic rings. The highest BCUT2D eigenvalue weighted by Gasteiger charge is 2.27. The molecule has 1 aliphatic carbocycles. The van der Waals surface area contributed by atoms with Crippen LogP contribution in [0, 0.1) is 0 Å². The van der Waals surface area contributed by atoms with Gasteiger partial charge in [0, 0.05) is 43.7 Å². The fraction of sp³-hybridized carbons (Fsp3) is 0.261. The lowest BCUT2D eigenvalue weighted by molar-refractivity contribution is -0.126. The van der Waals surface area contributed by atoms with E-state index in [0.29, 0.717) is 12.2 Å². The molecule has 0 atom stereocenters. The van der Waals surface area contributed by atoms with Crippen molar-refractivity contribution in [3.05, 3.63) is 59.9 Å². The zero-order valence-electron chi connectivity index (χ0n) is 17.2. The van der Waals surface area contributed by atoms with Gasteiger partial charge < -0.3 is 20.5 Å². The van der Waals surface area contributed by atoms with Gasteiger partial charge in [0.2, 0.25) is 5.91 Å². The third-order valence-electron chi connectivity index (χ3n) is 5.20. The molecule has 2 heterocycles. The standard InChI is InChI=1S/C23H25N5O2/c1-28(2)20(30)14-25-19-13-15(11-12-24-19)22-23(26-16-7-4-3-5-8-16)21-17(27-22)9-6-10-18(21)29/h3-5,7-8,11-13,26-27H,6,9-10,14H2,1-2H3,(H,24,25). The molecule has 0 unspecified atom stereocenters. The molecule has 7 nitrogen and oxygen atoms in total. The SMILES string of the molecule is CN(C)C(=O)CNc1cc(-c2[nH]c3c(c2Nc2ccccc2)C(=O)CCC3)ccn1. The first kappa shape index (κ1) is 19.7. The number of Topliss-reactive ketones (excluding diaryl/α,β-unsaturated/α-hetero) is 1. The fourth-order valence-corrected chi connectivity index (χ4v) is 3.61. The molecular formula is C23H25N5O2. The number of nitrogens with one attached hydrogen (secondary N) is 3. The van der Waals surface area contributed by atoms with Crippen LogP contribution in [0.2, 0.25) is 0 Å². The van der Waals surface area contributed by atoms with Crippen molar-refractivity contribution in [2.24, 2.45) is 0 Å². The van der Waals surface area contributed by atoms with E-state index in [9.17, 15) is 9.59 Å². The van der Waals surface area contributed by atoms with Crippen molar-refractivity contribution < 1.29 is 9.59 Å². The molecule has 0 bridgehead atoms. The third kappa shape index (κ3) is 4.05. The van der Waals surface area contributed by atoms with Gasteiger partial charge >= 0.3 is 0 Å². The quantitative estimate of drug-likeness (QED) is 0.582. The summed E-state index contributed by atoms with van der Waals surface area (Å²) in [7, 11) is 3.44. The number of benzene rings is 1. The Morgan fingerprint density at radius 1 is 1.17 bits per heavy atom. The van der Waals surface area contributed by atoms with Crippen LogP contribution in [0.15, 0.2) is 48.7 Å². The van der Waals surface area contributed by atoms with Crippen molar-refractivity contribution in [1.82, 2.24) is 14.9 Å². The van der Waals surface area contributed by atoms with E-state index in [0.717, 1.165) is 46.7 Å². The molecule has 1 amide bonds. The molecule has 1 aromatic carbocycles. The second-order valence-electron chi connectivity index (χ2n) is 7.57. The number of aromatic nitrogens is 2. The van der Waals surface area contributed by atoms with E-state index in [1.807, 2.05) is 42.5 Å². The van der Waals surface area contributed by atoms with Crippen LogP contribution in [0.3, 0.4) is 0 Å². The molecule has 0 aliphatic heterocycles. The Morgan fingerprint density at radius 3 is 2.73 bits per heavy atom. The first-order valence-electron chi connectivity index (χ1n) is 10.0. The van der Waals surface area contributed by atoms with Crippen LogP contribution in [0.1, 0.15) is 28.9 Å². The van der Waals surface area contributed by atoms with Crippen LogP contribution in [-0.4, -0.2) is 47.2 Å². The van der Waals surface area contributed by atoms with Gasteiger partial charge in [0.1, 0.15) is 5.82 Å². The van der Waals surface area contributed by atoms with Gasteiger partial charge in [-0.25, -0.2) is 4.98 Å². The number of likely N-dealkylation sites (N-methyl/N-ethyl adjacent to an activating group) is 1. The molecule has 4 rings (SSSR count). The van der Waals surface area contributed by atoms with Gasteiger partial charge in [-0.15, -0.1) is 0 Å². The Hall–Kier alpha value is -3.61. The van der Waals surface area contributed by atoms with E-state index in [4.69, 9.17) is 0 Å². The molecule has 0 saturated heterocycles. The second-order valence-corrected chi connectivity index (χ2v) is 7.57. The minimum absolute atomic E-state index is 0.0328. The van der Waals surface area contributed by atoms with Crippen LogP contribution in [0.4, 0.5) is 17.2 Å². The Morgan fingerprint density at radius 2 is 1.97 bits per heavy atom. The van der Waals surface area contributed by atoms with Crippen molar-refractivity contribution in [2.75, 3.05) is 31.3 Å². The average molecular weight is 403 g/mol. The largest absolute Gasteiger partial charge is 0.361 e. The Labute approximate surface area is 175 Å². The van der Waals surface area contributed by atoms with Crippen LogP contribution < -0.4 is 10.6 Å². The van der Waals surface area contributed by atoms with Crippen molar-refractivity contribution >= 4 is 28.9 Å². The molecular weight excluding hydrogens is 378 g/mol. The molecule has 154 valence electrons. The first-order chi connectivity index (χ1) is 14.5. The van der Waals surface area contributed by atoms with E-state index < -0.39 is 0 Å². The fourth-order valence-electron chi connectivity index (χ4n) is 3.61. The predicted octanol–water partition coefficient (Wildman–Crippen LogP) is 3.84. The number of pyridine rings is 1. The summed E-state index contributed by atoms with van der Waals surface area (Å²) in [5, 5.41) is 6.51. The van der Waals surface area contributed by atoms with Crippen LogP contribution in [0.25, 0.3) is 11.3 Å². The van der Waals surface area contributed by atoms with Gasteiger partial charge in [-0.2, -0.15) is 0 Å². The number of amides is 1. The summed E-state index contributed by atoms with van der Waals surface area (Å²) in [6.45, 7) is 0.165. The smallest absolute Gasteiger partial charge is 0.241 e. The molecule has 3 N–H and O–H groups in total. The molecule has 0 saturated carbocycles. The molecule has 30 heavy (non-hydrogen) atoms. The van der Waals surface area contributed by atoms with Crippen LogP contribution in [-0.2, 0) is 11.2 Å². The maximum Gasteiger partial charge on any atom is 0.241 e. The van der Waals surface area contributed by atoms with E-state index >= 15 is 0 Å². The molecule has 7 heteroatoms. The van der Waals surface area contributed by atoms with Gasteiger partial charge in [-0.05, 0) is 37.1 Å². The zero-order valence-corrected chi connectivity index (χ0v) is 17.2. The summed E-state index contributed by atoms with van der Waals surface area (Å²) >= 11 is 0. The highest BCUT2D eigenvalue weighted by molar-refractivity contribution is 6.07. The summed E-state index contributed by atoms with van der Waals surface area (Å²) in [6.07, 6.45) is 3.96. The molecule has 1 aliphatic rings. The number of carbonyl (C=O) groups excluding carboxylic acids is 2. The molecule has 0 fully saturated rings. The number of aromatic amines is 1. The summed E-state index contributed by atoms with van der Waals surface area (Å²) in [4.78, 5) is 33.9. The van der Waals surface area contributed by atoms with Crippen LogP contribution >= 0.6 is 0 Å². The Balaban J connectivity index is 1.71. The average Bonchev–Trinajstić information content (AvgIpc) is 3.12. The first-order valence-corrected chi connectivity index (χ1v) is 10.0. The Kier molecular flexibility index (Phi) is 5.52. The minimum atomic E-state index is -0.0328. The van der Waals surface area contributed by atoms with Gasteiger partial charge in [-0.1, -0.05) is 18.2 Å². The number of carbonyl (C=O) groups is 2. The molecule has 0 radical (unpaired) electrons. The topological polar surface area (TPSA) is 90.1 Å². The number of H-pyrrole nitrogens is 1. The van der Waals surface area contributed by atoms with Gasteiger partial charge in [0.15, 0.2) is 5.78 Å². The maximum atomic E-state index is 12.7. The number of ketones is 1. The van der Waals surface area contributed by atoms with E-state index in [1.54, 1.807) is 20.3 Å². The summed E-state index contributed by atoms with van der Waals surface area (Å²) < 4.78 is 0. The Bertz CT molecular complexity index is 1070. The number of anilines is 3. The van der Waals surface area contributed by atoms with Crippen molar-refractivity contribution in [2.45, 2.75) is 19.3 Å². The normalized spacial score (nSPS) is 12.9. The monoisotopic (exact) mass is 403 g/mol. The number of hydrogen-bond donors (Lipinski definition) is 3. The number of nitrogens with zero attached hydrogens (tertiary/aromatic N) is 2. The van der Waals surface area contributed by atoms with Gasteiger partial charge in [-0.3, -0.25) is 9.59 Å². The number of hydrogen-bond acceptors (Lipinski definition) is 5. The lowest BCUT2D eigenvalue weighted by Crippen LogP contribution is -2.28. The summed E-state index contributed by atoms with van der Waals surface area (Å²) in [5.41, 5.74) is 5.17.